The average molecular weight is 224 g/mol. The van der Waals surface area contributed by atoms with Crippen LogP contribution in [-0.4, -0.2) is 16.2 Å². The minimum atomic E-state index is -0.418. The van der Waals surface area contributed by atoms with Gasteiger partial charge in [0.15, 0.2) is 0 Å². The monoisotopic (exact) mass is 224 g/mol. The zero-order valence-corrected chi connectivity index (χ0v) is 10.6. The Morgan fingerprint density at radius 2 is 2.00 bits per heavy atom. The fourth-order valence-electron chi connectivity index (χ4n) is 3.46. The molecule has 0 aromatic rings. The van der Waals surface area contributed by atoms with Crippen molar-refractivity contribution in [2.24, 2.45) is 0 Å². The van der Waals surface area contributed by atoms with Crippen molar-refractivity contribution in [3.63, 3.8) is 0 Å². The van der Waals surface area contributed by atoms with Gasteiger partial charge in [0, 0.05) is 12.1 Å². The first kappa shape index (κ1) is 12.4. The number of aliphatic hydroxyl groups is 1. The van der Waals surface area contributed by atoms with Crippen LogP contribution in [-0.2, 0) is 0 Å². The van der Waals surface area contributed by atoms with Gasteiger partial charge in [-0.25, -0.2) is 0 Å². The van der Waals surface area contributed by atoms with Crippen molar-refractivity contribution in [1.82, 2.24) is 5.32 Å². The fraction of sp³-hybridized carbons (Fsp3) is 0.929. The number of piperidine rings is 1. The van der Waals surface area contributed by atoms with Gasteiger partial charge >= 0.3 is 0 Å². The van der Waals surface area contributed by atoms with Gasteiger partial charge in [0.05, 0.1) is 5.60 Å². The molecule has 2 aliphatic rings. The molecule has 2 nitrogen and oxygen atoms in total. The number of hydrogen-bond donors (Lipinski definition) is 2. The van der Waals surface area contributed by atoms with Gasteiger partial charge in [-0.1, -0.05) is 39.0 Å². The maximum absolute atomic E-state index is 10.6. The van der Waals surface area contributed by atoms with Crippen molar-refractivity contribution < 1.29 is 5.11 Å². The average Bonchev–Trinajstić information content (AvgIpc) is 2.27. The molecule has 0 amide bonds. The lowest BCUT2D eigenvalue weighted by molar-refractivity contribution is -0.0344. The first-order valence-corrected chi connectivity index (χ1v) is 7.00. The molecule has 2 heteroatoms. The van der Waals surface area contributed by atoms with Crippen LogP contribution < -0.4 is 5.32 Å². The summed E-state index contributed by atoms with van der Waals surface area (Å²) < 4.78 is 0. The van der Waals surface area contributed by atoms with Crippen molar-refractivity contribution in [1.29, 1.82) is 0 Å². The maximum Gasteiger partial charge on any atom is 0.0680 e. The van der Waals surface area contributed by atoms with Crippen LogP contribution in [0.2, 0.25) is 0 Å². The molecule has 0 bridgehead atoms. The summed E-state index contributed by atoms with van der Waals surface area (Å²) in [6, 6.07) is 0. The zero-order valence-electron chi connectivity index (χ0n) is 10.6. The number of hydrogen-bond acceptors (Lipinski definition) is 2. The summed E-state index contributed by atoms with van der Waals surface area (Å²) in [5.74, 6) is 0. The van der Waals surface area contributed by atoms with Crippen molar-refractivity contribution in [3.8, 4) is 0 Å². The standard InChI is InChI=1S/C14H26NO/c1-2-3-9-14(16)10-11-15-13(12-14)7-5-4-6-8-13/h11,15-16H,2-10,12H2,1H3. The number of rotatable bonds is 3. The van der Waals surface area contributed by atoms with Crippen LogP contribution in [0.4, 0.5) is 0 Å². The van der Waals surface area contributed by atoms with Gasteiger partial charge < -0.3 is 10.4 Å². The van der Waals surface area contributed by atoms with E-state index >= 15 is 0 Å². The third-order valence-electron chi connectivity index (χ3n) is 4.36. The first-order chi connectivity index (χ1) is 7.68. The summed E-state index contributed by atoms with van der Waals surface area (Å²) in [5, 5.41) is 14.2. The normalized spacial score (nSPS) is 34.1. The van der Waals surface area contributed by atoms with E-state index in [0.717, 1.165) is 25.7 Å². The van der Waals surface area contributed by atoms with E-state index in [-0.39, 0.29) is 5.54 Å². The zero-order chi connectivity index (χ0) is 11.5. The van der Waals surface area contributed by atoms with Crippen LogP contribution in [0.1, 0.15) is 71.1 Å². The molecule has 1 radical (unpaired) electrons. The molecular formula is C14H26NO. The highest BCUT2D eigenvalue weighted by molar-refractivity contribution is 5.05. The van der Waals surface area contributed by atoms with Gasteiger partial charge in [0.2, 0.25) is 0 Å². The molecule has 2 rings (SSSR count). The Hall–Kier alpha value is -0.0800. The Morgan fingerprint density at radius 3 is 2.69 bits per heavy atom. The summed E-state index contributed by atoms with van der Waals surface area (Å²) >= 11 is 0. The highest BCUT2D eigenvalue weighted by Gasteiger charge is 2.43. The molecule has 1 atom stereocenters. The molecule has 2 fully saturated rings. The molecule has 93 valence electrons. The van der Waals surface area contributed by atoms with Crippen LogP contribution >= 0.6 is 0 Å². The van der Waals surface area contributed by atoms with Gasteiger partial charge in [-0.3, -0.25) is 0 Å². The van der Waals surface area contributed by atoms with E-state index in [4.69, 9.17) is 0 Å². The predicted octanol–water partition coefficient (Wildman–Crippen LogP) is 3.16. The minimum absolute atomic E-state index is 0.235. The highest BCUT2D eigenvalue weighted by Crippen LogP contribution is 2.41. The summed E-state index contributed by atoms with van der Waals surface area (Å²) in [6.45, 7) is 4.33. The smallest absolute Gasteiger partial charge is 0.0680 e. The Kier molecular flexibility index (Phi) is 3.91. The van der Waals surface area contributed by atoms with Gasteiger partial charge in [-0.05, 0) is 32.1 Å². The van der Waals surface area contributed by atoms with Crippen LogP contribution in [0.25, 0.3) is 0 Å². The minimum Gasteiger partial charge on any atom is -0.390 e. The third kappa shape index (κ3) is 2.78. The van der Waals surface area contributed by atoms with Crippen LogP contribution in [0.15, 0.2) is 0 Å². The molecule has 1 saturated heterocycles. The van der Waals surface area contributed by atoms with E-state index in [0.29, 0.717) is 0 Å². The second kappa shape index (κ2) is 5.05. The van der Waals surface area contributed by atoms with Gasteiger partial charge in [-0.15, -0.1) is 0 Å². The Bertz CT molecular complexity index is 217. The quantitative estimate of drug-likeness (QED) is 0.772. The van der Waals surface area contributed by atoms with Gasteiger partial charge in [0.1, 0.15) is 0 Å². The van der Waals surface area contributed by atoms with Crippen LogP contribution in [0, 0.1) is 6.54 Å². The van der Waals surface area contributed by atoms with E-state index in [1.54, 1.807) is 0 Å². The van der Waals surface area contributed by atoms with Crippen LogP contribution in [0.3, 0.4) is 0 Å². The van der Waals surface area contributed by atoms with Crippen molar-refractivity contribution in [3.05, 3.63) is 6.54 Å². The van der Waals surface area contributed by atoms with Crippen LogP contribution in [0.5, 0.6) is 0 Å². The Morgan fingerprint density at radius 1 is 1.25 bits per heavy atom. The van der Waals surface area contributed by atoms with E-state index < -0.39 is 5.60 Å². The molecule has 0 aromatic heterocycles. The first-order valence-electron chi connectivity index (χ1n) is 7.00. The Labute approximate surface area is 99.8 Å². The molecule has 1 heterocycles. The maximum atomic E-state index is 10.6. The SMILES string of the molecule is CCCCC1(O)C[CH]NC2(CCCCC2)C1. The van der Waals surface area contributed by atoms with Crippen molar-refractivity contribution >= 4 is 0 Å². The molecular weight excluding hydrogens is 198 g/mol. The number of unbranched alkanes of at least 4 members (excludes halogenated alkanes) is 1. The molecule has 16 heavy (non-hydrogen) atoms. The Balaban J connectivity index is 1.96. The molecule has 1 aliphatic heterocycles. The summed E-state index contributed by atoms with van der Waals surface area (Å²) in [4.78, 5) is 0. The topological polar surface area (TPSA) is 32.3 Å². The largest absolute Gasteiger partial charge is 0.390 e. The van der Waals surface area contributed by atoms with Crippen molar-refractivity contribution in [2.75, 3.05) is 0 Å². The van der Waals surface area contributed by atoms with Gasteiger partial charge in [-0.2, -0.15) is 0 Å². The molecule has 1 aliphatic carbocycles. The number of nitrogens with one attached hydrogen (secondary N) is 1. The third-order valence-corrected chi connectivity index (χ3v) is 4.36. The molecule has 1 unspecified atom stereocenters. The van der Waals surface area contributed by atoms with E-state index in [1.165, 1.54) is 38.5 Å². The lowest BCUT2D eigenvalue weighted by Gasteiger charge is -2.48. The second-order valence-corrected chi connectivity index (χ2v) is 5.90. The summed E-state index contributed by atoms with van der Waals surface area (Å²) in [6.07, 6.45) is 11.6. The van der Waals surface area contributed by atoms with Gasteiger partial charge in [0.25, 0.3) is 0 Å². The fourth-order valence-corrected chi connectivity index (χ4v) is 3.46. The predicted molar refractivity (Wildman–Crippen MR) is 67.0 cm³/mol. The molecule has 0 aromatic carbocycles. The molecule has 1 saturated carbocycles. The summed E-state index contributed by atoms with van der Waals surface area (Å²) in [5.41, 5.74) is -0.183. The molecule has 1 spiro atoms. The second-order valence-electron chi connectivity index (χ2n) is 5.90. The lowest BCUT2D eigenvalue weighted by atomic mass is 9.70. The molecule has 2 N–H and O–H groups in total. The van der Waals surface area contributed by atoms with E-state index in [2.05, 4.69) is 18.8 Å². The highest BCUT2D eigenvalue weighted by atomic mass is 16.3. The lowest BCUT2D eigenvalue weighted by Crippen LogP contribution is -2.56. The van der Waals surface area contributed by atoms with E-state index in [9.17, 15) is 5.11 Å². The van der Waals surface area contributed by atoms with E-state index in [1.807, 2.05) is 0 Å². The van der Waals surface area contributed by atoms with Crippen molar-refractivity contribution in [2.45, 2.75) is 82.3 Å². The summed E-state index contributed by atoms with van der Waals surface area (Å²) in [7, 11) is 0.